The summed E-state index contributed by atoms with van der Waals surface area (Å²) < 4.78 is 7.53. The first kappa shape index (κ1) is 24.7. The summed E-state index contributed by atoms with van der Waals surface area (Å²) in [6.07, 6.45) is 10.7. The average molecular weight is 495 g/mol. The smallest absolute Gasteiger partial charge is 0.306 e. The average Bonchev–Trinajstić information content (AvgIpc) is 3.50. The molecule has 3 unspecified atom stereocenters. The fourth-order valence-corrected chi connectivity index (χ4v) is 5.97. The first-order valence-electron chi connectivity index (χ1n) is 13.5. The number of aromatic hydroxyl groups is 2. The molecule has 8 nitrogen and oxygen atoms in total. The summed E-state index contributed by atoms with van der Waals surface area (Å²) >= 11 is 0. The molecular weight excluding hydrogens is 456 g/mol. The number of ether oxygens (including phenoxy) is 1. The first-order chi connectivity index (χ1) is 17.5. The highest BCUT2D eigenvalue weighted by Gasteiger charge is 2.41. The van der Waals surface area contributed by atoms with Gasteiger partial charge in [-0.25, -0.2) is 4.98 Å². The zero-order valence-corrected chi connectivity index (χ0v) is 21.2. The molecule has 3 atom stereocenters. The van der Waals surface area contributed by atoms with Crippen molar-refractivity contribution in [2.24, 2.45) is 0 Å². The van der Waals surface area contributed by atoms with E-state index < -0.39 is 6.10 Å². The number of hydrogen-bond donors (Lipinski definition) is 2. The molecule has 1 aliphatic heterocycles. The number of hydrogen-bond acceptors (Lipinski definition) is 7. The van der Waals surface area contributed by atoms with E-state index in [9.17, 15) is 15.0 Å². The van der Waals surface area contributed by atoms with Crippen LogP contribution in [0.4, 0.5) is 5.82 Å². The summed E-state index contributed by atoms with van der Waals surface area (Å²) in [7, 11) is 0. The van der Waals surface area contributed by atoms with Crippen LogP contribution in [-0.2, 0) is 16.1 Å². The molecule has 2 aromatic rings. The van der Waals surface area contributed by atoms with Gasteiger partial charge in [0.1, 0.15) is 11.9 Å². The number of aromatic nitrogens is 2. The van der Waals surface area contributed by atoms with E-state index in [1.165, 1.54) is 0 Å². The third kappa shape index (κ3) is 5.09. The predicted molar refractivity (Wildman–Crippen MR) is 139 cm³/mol. The van der Waals surface area contributed by atoms with E-state index in [-0.39, 0.29) is 36.1 Å². The quantitative estimate of drug-likeness (QED) is 0.291. The van der Waals surface area contributed by atoms with Gasteiger partial charge in [-0.2, -0.15) is 0 Å². The minimum atomic E-state index is -0.463. The van der Waals surface area contributed by atoms with E-state index in [1.807, 2.05) is 24.4 Å². The van der Waals surface area contributed by atoms with Crippen LogP contribution in [0.2, 0.25) is 0 Å². The van der Waals surface area contributed by atoms with Crippen LogP contribution in [0.3, 0.4) is 0 Å². The summed E-state index contributed by atoms with van der Waals surface area (Å²) in [5.74, 6) is 1.33. The van der Waals surface area contributed by atoms with E-state index in [2.05, 4.69) is 33.9 Å². The van der Waals surface area contributed by atoms with Gasteiger partial charge < -0.3 is 19.8 Å². The van der Waals surface area contributed by atoms with Gasteiger partial charge in [-0.3, -0.25) is 14.3 Å². The molecule has 1 fully saturated rings. The zero-order valence-electron chi connectivity index (χ0n) is 21.2. The molecule has 2 aliphatic carbocycles. The van der Waals surface area contributed by atoms with E-state index in [1.54, 1.807) is 4.57 Å². The molecule has 194 valence electrons. The number of carbonyl (C=O) groups is 1. The van der Waals surface area contributed by atoms with Crippen molar-refractivity contribution in [3.05, 3.63) is 47.7 Å². The largest absolute Gasteiger partial charge is 0.494 e. The number of esters is 1. The second-order valence-corrected chi connectivity index (χ2v) is 10.3. The maximum atomic E-state index is 12.7. The van der Waals surface area contributed by atoms with E-state index in [0.29, 0.717) is 13.0 Å². The molecule has 0 spiro atoms. The van der Waals surface area contributed by atoms with Gasteiger partial charge in [-0.05, 0) is 31.4 Å². The maximum absolute atomic E-state index is 12.7. The lowest BCUT2D eigenvalue weighted by molar-refractivity contribution is -0.151. The Hall–Kier alpha value is -3.00. The lowest BCUT2D eigenvalue weighted by Gasteiger charge is -2.27. The van der Waals surface area contributed by atoms with Gasteiger partial charge in [0, 0.05) is 68.3 Å². The Kier molecular flexibility index (Phi) is 7.51. The Labute approximate surface area is 213 Å². The van der Waals surface area contributed by atoms with Crippen molar-refractivity contribution < 1.29 is 19.7 Å². The molecule has 0 radical (unpaired) electrons. The summed E-state index contributed by atoms with van der Waals surface area (Å²) in [5, 5.41) is 22.0. The molecule has 1 saturated heterocycles. The van der Waals surface area contributed by atoms with Crippen LogP contribution in [0.5, 0.6) is 11.8 Å². The number of allylic oxidation sites excluding steroid dienone is 2. The first-order valence-corrected chi connectivity index (χ1v) is 13.5. The number of carbonyl (C=O) groups excluding carboxylic acids is 1. The second-order valence-electron chi connectivity index (χ2n) is 10.3. The molecule has 2 aromatic heterocycles. The van der Waals surface area contributed by atoms with Gasteiger partial charge in [0.15, 0.2) is 11.8 Å². The Morgan fingerprint density at radius 1 is 1.06 bits per heavy atom. The Morgan fingerprint density at radius 2 is 1.83 bits per heavy atom. The number of rotatable bonds is 10. The highest BCUT2D eigenvalue weighted by Crippen LogP contribution is 2.56. The highest BCUT2D eigenvalue weighted by molar-refractivity contribution is 5.69. The van der Waals surface area contributed by atoms with Crippen molar-refractivity contribution in [3.8, 4) is 11.8 Å². The SMILES string of the molecule is CCCCCC(=O)OC(CN1CCCN(c2ccccn2)CC1)Cn1c(O)c2c(c1O)C1C=CC2C1. The lowest BCUT2D eigenvalue weighted by Crippen LogP contribution is -2.39. The van der Waals surface area contributed by atoms with Gasteiger partial charge in [-0.15, -0.1) is 0 Å². The van der Waals surface area contributed by atoms with Gasteiger partial charge in [-0.1, -0.05) is 38.0 Å². The molecule has 0 amide bonds. The number of nitrogens with zero attached hydrogens (tertiary/aromatic N) is 4. The minimum Gasteiger partial charge on any atom is -0.494 e. The number of fused-ring (bicyclic) bond motifs is 5. The molecule has 36 heavy (non-hydrogen) atoms. The monoisotopic (exact) mass is 494 g/mol. The molecule has 3 aliphatic rings. The van der Waals surface area contributed by atoms with Crippen LogP contribution in [0.15, 0.2) is 36.5 Å². The topological polar surface area (TPSA) is 91.1 Å². The summed E-state index contributed by atoms with van der Waals surface area (Å²) in [5.41, 5.74) is 1.68. The number of anilines is 1. The van der Waals surface area contributed by atoms with Crippen LogP contribution in [0, 0.1) is 0 Å². The maximum Gasteiger partial charge on any atom is 0.306 e. The molecular formula is C28H38N4O4. The Bertz CT molecular complexity index is 1050. The van der Waals surface area contributed by atoms with E-state index >= 15 is 0 Å². The van der Waals surface area contributed by atoms with Gasteiger partial charge >= 0.3 is 5.97 Å². The molecule has 5 rings (SSSR count). The minimum absolute atomic E-state index is 0.114. The normalized spacial score (nSPS) is 22.0. The third-order valence-electron chi connectivity index (χ3n) is 7.80. The standard InChI is InChI=1S/C28H38N4O4/c1-2-3-4-9-24(33)36-22(18-30-13-7-14-31(16-15-30)23-8-5-6-12-29-23)19-32-27(34)25-20-10-11-21(17-20)26(25)28(32)35/h5-6,8,10-12,20-22,34-35H,2-4,7,9,13-19H2,1H3. The Balaban J connectivity index is 1.29. The molecule has 8 heteroatoms. The van der Waals surface area contributed by atoms with Crippen LogP contribution in [-0.4, -0.2) is 69.5 Å². The van der Waals surface area contributed by atoms with Crippen LogP contribution in [0.1, 0.15) is 68.4 Å². The van der Waals surface area contributed by atoms with Crippen molar-refractivity contribution in [2.75, 3.05) is 37.6 Å². The highest BCUT2D eigenvalue weighted by atomic mass is 16.5. The molecule has 0 saturated carbocycles. The number of pyridine rings is 1. The van der Waals surface area contributed by atoms with Crippen LogP contribution < -0.4 is 4.90 Å². The van der Waals surface area contributed by atoms with Crippen LogP contribution in [0.25, 0.3) is 0 Å². The predicted octanol–water partition coefficient (Wildman–Crippen LogP) is 4.14. The third-order valence-corrected chi connectivity index (χ3v) is 7.80. The van der Waals surface area contributed by atoms with Gasteiger partial charge in [0.2, 0.25) is 0 Å². The fourth-order valence-electron chi connectivity index (χ4n) is 5.97. The Morgan fingerprint density at radius 3 is 2.53 bits per heavy atom. The summed E-state index contributed by atoms with van der Waals surface area (Å²) in [4.78, 5) is 21.8. The van der Waals surface area contributed by atoms with Crippen molar-refractivity contribution in [2.45, 2.75) is 69.9 Å². The fraction of sp³-hybridized carbons (Fsp3) is 0.571. The van der Waals surface area contributed by atoms with Crippen molar-refractivity contribution in [1.29, 1.82) is 0 Å². The van der Waals surface area contributed by atoms with E-state index in [0.717, 1.165) is 75.2 Å². The van der Waals surface area contributed by atoms with Crippen LogP contribution >= 0.6 is 0 Å². The zero-order chi connectivity index (χ0) is 25.1. The summed E-state index contributed by atoms with van der Waals surface area (Å²) in [6, 6.07) is 5.97. The number of unbranched alkanes of at least 4 members (excludes halogenated alkanes) is 2. The van der Waals surface area contributed by atoms with E-state index in [4.69, 9.17) is 4.74 Å². The van der Waals surface area contributed by atoms with Crippen molar-refractivity contribution in [1.82, 2.24) is 14.5 Å². The molecule has 0 aromatic carbocycles. The summed E-state index contributed by atoms with van der Waals surface area (Å²) in [6.45, 7) is 6.40. The molecule has 2 N–H and O–H groups in total. The van der Waals surface area contributed by atoms with Crippen molar-refractivity contribution >= 4 is 11.8 Å². The van der Waals surface area contributed by atoms with Gasteiger partial charge in [0.05, 0.1) is 6.54 Å². The molecule has 2 bridgehead atoms. The second kappa shape index (κ2) is 10.9. The van der Waals surface area contributed by atoms with Gasteiger partial charge in [0.25, 0.3) is 0 Å². The van der Waals surface area contributed by atoms with Crippen molar-refractivity contribution in [3.63, 3.8) is 0 Å². The molecule has 3 heterocycles. The lowest BCUT2D eigenvalue weighted by atomic mass is 10.0.